The Bertz CT molecular complexity index is 753. The van der Waals surface area contributed by atoms with Gasteiger partial charge in [-0.25, -0.2) is 0 Å². The van der Waals surface area contributed by atoms with Crippen LogP contribution < -0.4 is 4.90 Å². The molecule has 0 fully saturated rings. The first-order chi connectivity index (χ1) is 11.0. The van der Waals surface area contributed by atoms with Crippen molar-refractivity contribution in [3.8, 4) is 0 Å². The zero-order valence-corrected chi connectivity index (χ0v) is 13.0. The fraction of sp³-hybridized carbons (Fsp3) is 0.278. The molecule has 1 amide bonds. The third kappa shape index (κ3) is 3.23. The molecule has 0 bridgehead atoms. The third-order valence-corrected chi connectivity index (χ3v) is 4.22. The van der Waals surface area contributed by atoms with E-state index in [1.165, 1.54) is 17.7 Å². The van der Waals surface area contributed by atoms with Crippen molar-refractivity contribution < 1.29 is 9.72 Å². The van der Waals surface area contributed by atoms with Crippen LogP contribution in [0.25, 0.3) is 0 Å². The molecule has 0 unspecified atom stereocenters. The molecule has 1 aliphatic heterocycles. The number of carbonyl (C=O) groups excluding carboxylic acids is 1. The van der Waals surface area contributed by atoms with Gasteiger partial charge in [0.1, 0.15) is 0 Å². The lowest BCUT2D eigenvalue weighted by molar-refractivity contribution is -0.384. The van der Waals surface area contributed by atoms with Crippen LogP contribution in [0.3, 0.4) is 0 Å². The molecule has 0 spiro atoms. The maximum atomic E-state index is 12.5. The van der Waals surface area contributed by atoms with Gasteiger partial charge in [0.2, 0.25) is 5.91 Å². The van der Waals surface area contributed by atoms with Gasteiger partial charge in [-0.15, -0.1) is 0 Å². The molecule has 118 valence electrons. The van der Waals surface area contributed by atoms with E-state index in [1.54, 1.807) is 11.0 Å². The summed E-state index contributed by atoms with van der Waals surface area (Å²) in [7, 11) is 0. The minimum Gasteiger partial charge on any atom is -0.312 e. The lowest BCUT2D eigenvalue weighted by Gasteiger charge is -2.17. The van der Waals surface area contributed by atoms with E-state index in [2.05, 4.69) is 0 Å². The number of amides is 1. The second-order valence-corrected chi connectivity index (χ2v) is 5.85. The number of nitrogens with zero attached hydrogens (tertiary/aromatic N) is 2. The van der Waals surface area contributed by atoms with Crippen LogP contribution in [0, 0.1) is 17.0 Å². The molecule has 3 rings (SSSR count). The highest BCUT2D eigenvalue weighted by Crippen LogP contribution is 2.32. The number of carbonyl (C=O) groups is 1. The van der Waals surface area contributed by atoms with Crippen LogP contribution in [0.15, 0.2) is 42.5 Å². The normalized spacial score (nSPS) is 13.0. The largest absolute Gasteiger partial charge is 0.312 e. The molecule has 1 heterocycles. The summed E-state index contributed by atoms with van der Waals surface area (Å²) in [6, 6.07) is 12.9. The summed E-state index contributed by atoms with van der Waals surface area (Å²) in [6.07, 6.45) is 1.84. The monoisotopic (exact) mass is 310 g/mol. The number of hydrogen-bond acceptors (Lipinski definition) is 3. The Labute approximate surface area is 134 Å². The molecule has 5 heteroatoms. The Hall–Kier alpha value is -2.69. The van der Waals surface area contributed by atoms with Crippen LogP contribution in [0.5, 0.6) is 0 Å². The minimum atomic E-state index is -0.423. The second kappa shape index (κ2) is 6.20. The van der Waals surface area contributed by atoms with Crippen molar-refractivity contribution in [1.29, 1.82) is 0 Å². The van der Waals surface area contributed by atoms with Crippen molar-refractivity contribution in [2.75, 3.05) is 11.4 Å². The third-order valence-electron chi connectivity index (χ3n) is 4.22. The molecule has 1 aliphatic rings. The molecule has 0 saturated carbocycles. The van der Waals surface area contributed by atoms with Crippen molar-refractivity contribution in [2.45, 2.75) is 26.2 Å². The zero-order chi connectivity index (χ0) is 16.4. The zero-order valence-electron chi connectivity index (χ0n) is 13.0. The first-order valence-corrected chi connectivity index (χ1v) is 7.68. The maximum Gasteiger partial charge on any atom is 0.271 e. The first kappa shape index (κ1) is 15.2. The summed E-state index contributed by atoms with van der Waals surface area (Å²) in [5, 5.41) is 10.9. The molecule has 0 radical (unpaired) electrons. The number of hydrogen-bond donors (Lipinski definition) is 0. The van der Waals surface area contributed by atoms with Gasteiger partial charge in [0, 0.05) is 25.1 Å². The van der Waals surface area contributed by atoms with Gasteiger partial charge < -0.3 is 4.90 Å². The number of nitro groups is 1. The second-order valence-electron chi connectivity index (χ2n) is 5.85. The van der Waals surface area contributed by atoms with E-state index in [9.17, 15) is 14.9 Å². The van der Waals surface area contributed by atoms with Gasteiger partial charge in [0.25, 0.3) is 5.69 Å². The number of fused-ring (bicyclic) bond motifs is 1. The average molecular weight is 310 g/mol. The van der Waals surface area contributed by atoms with Gasteiger partial charge in [-0.1, -0.05) is 35.9 Å². The predicted octanol–water partition coefficient (Wildman–Crippen LogP) is 3.43. The van der Waals surface area contributed by atoms with Crippen molar-refractivity contribution >= 4 is 17.3 Å². The Kier molecular flexibility index (Phi) is 4.10. The molecule has 2 aromatic rings. The average Bonchev–Trinajstić information content (AvgIpc) is 2.97. The summed E-state index contributed by atoms with van der Waals surface area (Å²) < 4.78 is 0. The van der Waals surface area contributed by atoms with Crippen LogP contribution >= 0.6 is 0 Å². The van der Waals surface area contributed by atoms with E-state index in [1.807, 2.05) is 31.2 Å². The van der Waals surface area contributed by atoms with Crippen molar-refractivity contribution in [3.05, 3.63) is 69.3 Å². The fourth-order valence-electron chi connectivity index (χ4n) is 2.88. The fourth-order valence-corrected chi connectivity index (χ4v) is 2.88. The standard InChI is InChI=1S/C18H18N2O3/c1-13-2-4-14(5-3-13)6-9-18(21)19-11-10-15-7-8-16(20(22)23)12-17(15)19/h2-5,7-8,12H,6,9-11H2,1H3. The molecule has 0 aliphatic carbocycles. The van der Waals surface area contributed by atoms with E-state index >= 15 is 0 Å². The van der Waals surface area contributed by atoms with Crippen LogP contribution in [0.4, 0.5) is 11.4 Å². The van der Waals surface area contributed by atoms with Crippen LogP contribution in [0.2, 0.25) is 0 Å². The van der Waals surface area contributed by atoms with Gasteiger partial charge in [-0.05, 0) is 30.9 Å². The molecule has 2 aromatic carbocycles. The molecule has 0 saturated heterocycles. The quantitative estimate of drug-likeness (QED) is 0.642. The number of nitro benzene ring substituents is 1. The smallest absolute Gasteiger partial charge is 0.271 e. The summed E-state index contributed by atoms with van der Waals surface area (Å²) in [6.45, 7) is 2.63. The Balaban J connectivity index is 1.71. The summed E-state index contributed by atoms with van der Waals surface area (Å²) in [4.78, 5) is 24.7. The van der Waals surface area contributed by atoms with E-state index in [-0.39, 0.29) is 11.6 Å². The van der Waals surface area contributed by atoms with Gasteiger partial charge in [0.15, 0.2) is 0 Å². The summed E-state index contributed by atoms with van der Waals surface area (Å²) >= 11 is 0. The number of rotatable bonds is 4. The maximum absolute atomic E-state index is 12.5. The lowest BCUT2D eigenvalue weighted by Crippen LogP contribution is -2.29. The van der Waals surface area contributed by atoms with E-state index in [0.29, 0.717) is 25.1 Å². The van der Waals surface area contributed by atoms with E-state index in [0.717, 1.165) is 17.5 Å². The molecule has 0 N–H and O–H groups in total. The number of aryl methyl sites for hydroxylation is 2. The molecule has 23 heavy (non-hydrogen) atoms. The van der Waals surface area contributed by atoms with Gasteiger partial charge in [0.05, 0.1) is 10.6 Å². The molecule has 0 aromatic heterocycles. The highest BCUT2D eigenvalue weighted by Gasteiger charge is 2.26. The minimum absolute atomic E-state index is 0.0184. The molecular formula is C18H18N2O3. The van der Waals surface area contributed by atoms with Crippen LogP contribution in [0.1, 0.15) is 23.1 Å². The topological polar surface area (TPSA) is 63.5 Å². The lowest BCUT2D eigenvalue weighted by atomic mass is 10.1. The number of non-ortho nitro benzene ring substituents is 1. The van der Waals surface area contributed by atoms with Crippen molar-refractivity contribution in [1.82, 2.24) is 0 Å². The molecule has 5 nitrogen and oxygen atoms in total. The van der Waals surface area contributed by atoms with E-state index < -0.39 is 4.92 Å². The van der Waals surface area contributed by atoms with Gasteiger partial charge >= 0.3 is 0 Å². The van der Waals surface area contributed by atoms with Crippen LogP contribution in [-0.4, -0.2) is 17.4 Å². The predicted molar refractivity (Wildman–Crippen MR) is 88.7 cm³/mol. The number of benzene rings is 2. The number of anilines is 1. The molecular weight excluding hydrogens is 292 g/mol. The van der Waals surface area contributed by atoms with Crippen LogP contribution in [-0.2, 0) is 17.6 Å². The van der Waals surface area contributed by atoms with Gasteiger partial charge in [-0.2, -0.15) is 0 Å². The van der Waals surface area contributed by atoms with Crippen molar-refractivity contribution in [2.24, 2.45) is 0 Å². The summed E-state index contributed by atoms with van der Waals surface area (Å²) in [5.41, 5.74) is 4.04. The Morgan fingerprint density at radius 1 is 1.22 bits per heavy atom. The Morgan fingerprint density at radius 2 is 1.96 bits per heavy atom. The van der Waals surface area contributed by atoms with E-state index in [4.69, 9.17) is 0 Å². The SMILES string of the molecule is Cc1ccc(CCC(=O)N2CCc3ccc([N+](=O)[O-])cc32)cc1. The first-order valence-electron chi connectivity index (χ1n) is 7.68. The van der Waals surface area contributed by atoms with Crippen molar-refractivity contribution in [3.63, 3.8) is 0 Å². The highest BCUT2D eigenvalue weighted by molar-refractivity contribution is 5.96. The molecule has 0 atom stereocenters. The van der Waals surface area contributed by atoms with Gasteiger partial charge in [-0.3, -0.25) is 14.9 Å². The highest BCUT2D eigenvalue weighted by atomic mass is 16.6. The summed E-state index contributed by atoms with van der Waals surface area (Å²) in [5.74, 6) is 0.0184. The Morgan fingerprint density at radius 3 is 2.65 bits per heavy atom.